The fourth-order valence-electron chi connectivity index (χ4n) is 8.24. The highest BCUT2D eigenvalue weighted by atomic mass is 31.2. The van der Waals surface area contributed by atoms with Crippen LogP contribution in [0.3, 0.4) is 0 Å². The monoisotopic (exact) mass is 954 g/mol. The van der Waals surface area contributed by atoms with Gasteiger partial charge in [0.05, 0.1) is 42.3 Å². The van der Waals surface area contributed by atoms with Gasteiger partial charge < -0.3 is 19.2 Å². The lowest BCUT2D eigenvalue weighted by Crippen LogP contribution is -2.40. The van der Waals surface area contributed by atoms with E-state index in [4.69, 9.17) is 33.8 Å². The third-order valence-corrected chi connectivity index (χ3v) is 12.1. The third kappa shape index (κ3) is 75.6. The Labute approximate surface area is 408 Å². The number of hydroxylamine groups is 9. The van der Waals surface area contributed by atoms with Gasteiger partial charge in [-0.05, 0) is 59.3 Å². The minimum Gasteiger partial charge on any atom is -0.822 e. The van der Waals surface area contributed by atoms with E-state index in [0.717, 1.165) is 39.5 Å². The van der Waals surface area contributed by atoms with Crippen molar-refractivity contribution in [3.63, 3.8) is 0 Å². The summed E-state index contributed by atoms with van der Waals surface area (Å²) in [7, 11) is 7.54. The molecule has 0 amide bonds. The van der Waals surface area contributed by atoms with Gasteiger partial charge in [0.2, 0.25) is 0 Å². The van der Waals surface area contributed by atoms with E-state index in [1.54, 1.807) is 0 Å². The highest BCUT2D eigenvalue weighted by Gasteiger charge is 2.16. The van der Waals surface area contributed by atoms with Crippen molar-refractivity contribution in [3.05, 3.63) is 0 Å². The maximum atomic E-state index is 8.55. The van der Waals surface area contributed by atoms with Crippen LogP contribution in [0.4, 0.5) is 0 Å². The molecule has 10 nitrogen and oxygen atoms in total. The van der Waals surface area contributed by atoms with Gasteiger partial charge in [0, 0.05) is 0 Å². The number of nitrogens with zero attached hydrogens (tertiary/aromatic N) is 3. The second-order valence-electron chi connectivity index (χ2n) is 20.3. The molecule has 0 aliphatic heterocycles. The van der Waals surface area contributed by atoms with Gasteiger partial charge in [0.15, 0.2) is 0 Å². The SMILES string of the molecule is CCCCCCCCCCCCCC[N+](C)(C)OCC.CCCCCCCCCCCCCC[N+](C)(C)OCC.CCCCCCCCCCCCCC[N+](C)(C)OCC.O=P([O-])([O-])[O-]. The normalized spacial score (nSPS) is 12.0. The number of phosphoric acid groups is 1. The van der Waals surface area contributed by atoms with Crippen LogP contribution in [0.1, 0.15) is 273 Å². The summed E-state index contributed by atoms with van der Waals surface area (Å²) in [6.07, 6.45) is 51.0. The molecule has 65 heavy (non-hydrogen) atoms. The molecule has 0 saturated carbocycles. The lowest BCUT2D eigenvalue weighted by molar-refractivity contribution is -1.08. The first-order valence-corrected chi connectivity index (χ1v) is 29.5. The average molecular weight is 955 g/mol. The molecule has 0 fully saturated rings. The van der Waals surface area contributed by atoms with E-state index in [2.05, 4.69) is 83.8 Å². The summed E-state index contributed by atoms with van der Waals surface area (Å²) in [5.41, 5.74) is 0. The topological polar surface area (TPSA) is 114 Å². The number of unbranched alkanes of at least 4 members (excludes halogenated alkanes) is 33. The summed E-state index contributed by atoms with van der Waals surface area (Å²) < 4.78 is 10.7. The fraction of sp³-hybridized carbons (Fsp3) is 1.00. The summed E-state index contributed by atoms with van der Waals surface area (Å²) in [5.74, 6) is 0. The summed E-state index contributed by atoms with van der Waals surface area (Å²) in [6.45, 7) is 18.9. The van der Waals surface area contributed by atoms with E-state index in [9.17, 15) is 0 Å². The van der Waals surface area contributed by atoms with Gasteiger partial charge in [-0.3, -0.25) is 0 Å². The number of hydrogen-bond donors (Lipinski definition) is 0. The second-order valence-corrected chi connectivity index (χ2v) is 21.2. The van der Waals surface area contributed by atoms with Gasteiger partial charge in [-0.1, -0.05) is 213 Å². The molecule has 0 spiro atoms. The summed E-state index contributed by atoms with van der Waals surface area (Å²) in [5, 5.41) is 0. The molecule has 0 radical (unpaired) electrons. The van der Waals surface area contributed by atoms with Crippen LogP contribution in [0, 0.1) is 0 Å². The van der Waals surface area contributed by atoms with Crippen LogP contribution in [0.15, 0.2) is 0 Å². The van der Waals surface area contributed by atoms with Crippen molar-refractivity contribution in [1.82, 2.24) is 0 Å². The molecule has 0 saturated heterocycles. The molecule has 398 valence electrons. The minimum atomic E-state index is -5.39. The van der Waals surface area contributed by atoms with E-state index in [0.29, 0.717) is 13.9 Å². The van der Waals surface area contributed by atoms with E-state index >= 15 is 0 Å². The van der Waals surface area contributed by atoms with Crippen molar-refractivity contribution >= 4 is 7.82 Å². The Morgan fingerprint density at radius 3 is 0.523 bits per heavy atom. The van der Waals surface area contributed by atoms with Crippen LogP contribution in [0.25, 0.3) is 0 Å². The van der Waals surface area contributed by atoms with Gasteiger partial charge in [-0.2, -0.15) is 21.8 Å². The Morgan fingerprint density at radius 1 is 0.277 bits per heavy atom. The zero-order chi connectivity index (χ0) is 49.8. The van der Waals surface area contributed by atoms with Gasteiger partial charge in [0.25, 0.3) is 0 Å². The maximum Gasteiger partial charge on any atom is 0.108 e. The van der Waals surface area contributed by atoms with Crippen molar-refractivity contribution < 1.29 is 47.7 Å². The Morgan fingerprint density at radius 2 is 0.400 bits per heavy atom. The molecular formula is C54H120N3O7P. The van der Waals surface area contributed by atoms with Crippen LogP contribution in [-0.2, 0) is 19.1 Å². The minimum absolute atomic E-state index is 0.717. The molecule has 0 aromatic rings. The Kier molecular flexibility index (Phi) is 58.5. The van der Waals surface area contributed by atoms with Crippen LogP contribution in [0.2, 0.25) is 0 Å². The van der Waals surface area contributed by atoms with Crippen LogP contribution in [-0.4, -0.2) is 95.7 Å². The highest BCUT2D eigenvalue weighted by Crippen LogP contribution is 2.16. The van der Waals surface area contributed by atoms with Gasteiger partial charge in [-0.25, -0.2) is 14.5 Å². The highest BCUT2D eigenvalue weighted by molar-refractivity contribution is 7.40. The maximum absolute atomic E-state index is 8.55. The Bertz CT molecular complexity index is 828. The van der Waals surface area contributed by atoms with E-state index < -0.39 is 7.82 Å². The molecule has 0 N–H and O–H groups in total. The first-order chi connectivity index (χ1) is 30.9. The summed E-state index contributed by atoms with van der Waals surface area (Å²) in [4.78, 5) is 42.6. The molecule has 0 aliphatic rings. The number of hydrogen-bond acceptors (Lipinski definition) is 7. The second kappa shape index (κ2) is 53.2. The van der Waals surface area contributed by atoms with Gasteiger partial charge in [-0.15, -0.1) is 0 Å². The van der Waals surface area contributed by atoms with Crippen molar-refractivity contribution in [2.45, 2.75) is 273 Å². The van der Waals surface area contributed by atoms with Gasteiger partial charge in [0.1, 0.15) is 39.5 Å². The van der Waals surface area contributed by atoms with E-state index in [-0.39, 0.29) is 0 Å². The third-order valence-electron chi connectivity index (χ3n) is 12.1. The zero-order valence-corrected chi connectivity index (χ0v) is 47.2. The molecule has 0 atom stereocenters. The lowest BCUT2D eigenvalue weighted by atomic mass is 10.1. The predicted molar refractivity (Wildman–Crippen MR) is 277 cm³/mol. The molecule has 0 unspecified atom stereocenters. The standard InChI is InChI=1S/3C18H40NO.H3O4P/c3*1-5-7-8-9-10-11-12-13-14-15-16-17-18-19(3,4)20-6-2;1-5(2,3)4/h3*5-18H2,1-4H3;(H3,1,2,3,4)/q3*+1;/p-3. The molecule has 0 aromatic heterocycles. The Hall–Kier alpha value is -0.130. The number of quaternary nitrogens is 3. The summed E-state index contributed by atoms with van der Waals surface area (Å²) >= 11 is 0. The molecule has 0 heterocycles. The average Bonchev–Trinajstić information content (AvgIpc) is 3.22. The van der Waals surface area contributed by atoms with Crippen molar-refractivity contribution in [2.24, 2.45) is 0 Å². The van der Waals surface area contributed by atoms with E-state index in [1.165, 1.54) is 231 Å². The van der Waals surface area contributed by atoms with Crippen LogP contribution in [0.5, 0.6) is 0 Å². The van der Waals surface area contributed by atoms with Gasteiger partial charge >= 0.3 is 0 Å². The first kappa shape index (κ1) is 71.4. The van der Waals surface area contributed by atoms with E-state index in [1.807, 2.05) is 0 Å². The predicted octanol–water partition coefficient (Wildman–Crippen LogP) is 14.3. The molecule has 11 heteroatoms. The first-order valence-electron chi connectivity index (χ1n) is 28.0. The smallest absolute Gasteiger partial charge is 0.108 e. The summed E-state index contributed by atoms with van der Waals surface area (Å²) in [6, 6.07) is 0. The zero-order valence-electron chi connectivity index (χ0n) is 46.3. The quantitative estimate of drug-likeness (QED) is 0.0258. The molecule has 0 bridgehead atoms. The molecular weight excluding hydrogens is 834 g/mol. The molecule has 0 rings (SSSR count). The largest absolute Gasteiger partial charge is 0.822 e. The van der Waals surface area contributed by atoms with Crippen molar-refractivity contribution in [1.29, 1.82) is 0 Å². The van der Waals surface area contributed by atoms with Crippen molar-refractivity contribution in [3.8, 4) is 0 Å². The van der Waals surface area contributed by atoms with Crippen LogP contribution < -0.4 is 14.7 Å². The van der Waals surface area contributed by atoms with Crippen LogP contribution >= 0.6 is 7.82 Å². The number of rotatable bonds is 45. The molecule has 0 aliphatic carbocycles. The Balaban J connectivity index is -0.000000407. The van der Waals surface area contributed by atoms with Crippen molar-refractivity contribution in [2.75, 3.05) is 81.7 Å². The molecule has 0 aromatic carbocycles. The lowest BCUT2D eigenvalue weighted by Gasteiger charge is -2.36. The fourth-order valence-corrected chi connectivity index (χ4v) is 8.24.